The van der Waals surface area contributed by atoms with E-state index in [1.807, 2.05) is 0 Å². The molecule has 0 radical (unpaired) electrons. The van der Waals surface area contributed by atoms with Gasteiger partial charge in [-0.05, 0) is 18.9 Å². The van der Waals surface area contributed by atoms with E-state index in [1.54, 1.807) is 12.1 Å². The van der Waals surface area contributed by atoms with Gasteiger partial charge in [0, 0.05) is 18.2 Å². The molecule has 0 atom stereocenters. The van der Waals surface area contributed by atoms with Gasteiger partial charge in [0.05, 0.1) is 17.7 Å². The van der Waals surface area contributed by atoms with Crippen LogP contribution in [0.2, 0.25) is 5.02 Å². The first-order valence-corrected chi connectivity index (χ1v) is 6.55. The van der Waals surface area contributed by atoms with Crippen LogP contribution < -0.4 is 10.6 Å². The van der Waals surface area contributed by atoms with Gasteiger partial charge in [0.15, 0.2) is 0 Å². The van der Waals surface area contributed by atoms with Crippen molar-refractivity contribution in [3.63, 3.8) is 0 Å². The number of aliphatic hydroxyl groups excluding tert-OH is 1. The maximum absolute atomic E-state index is 13.5. The number of hydrogen-bond donors (Lipinski definition) is 3. The predicted molar refractivity (Wildman–Crippen MR) is 70.3 cm³/mol. The summed E-state index contributed by atoms with van der Waals surface area (Å²) in [6.45, 7) is 0.278. The van der Waals surface area contributed by atoms with E-state index in [1.165, 1.54) is 6.07 Å². The van der Waals surface area contributed by atoms with Crippen LogP contribution in [-0.4, -0.2) is 29.7 Å². The van der Waals surface area contributed by atoms with Crippen LogP contribution in [0.1, 0.15) is 18.4 Å². The van der Waals surface area contributed by atoms with Crippen molar-refractivity contribution in [2.75, 3.05) is 6.54 Å². The van der Waals surface area contributed by atoms with E-state index in [9.17, 15) is 9.18 Å². The Bertz CT molecular complexity index is 464. The second-order valence-electron chi connectivity index (χ2n) is 4.69. The zero-order valence-electron chi connectivity index (χ0n) is 10.3. The Kier molecular flexibility index (Phi) is 4.74. The Morgan fingerprint density at radius 3 is 2.89 bits per heavy atom. The second-order valence-corrected chi connectivity index (χ2v) is 5.10. The molecule has 1 amide bonds. The smallest absolute Gasteiger partial charge is 0.234 e. The van der Waals surface area contributed by atoms with Gasteiger partial charge in [-0.3, -0.25) is 4.79 Å². The molecular formula is C13H16ClFN2O2. The molecule has 0 spiro atoms. The van der Waals surface area contributed by atoms with Crippen LogP contribution in [0.5, 0.6) is 0 Å². The molecule has 1 aliphatic carbocycles. The van der Waals surface area contributed by atoms with Crippen molar-refractivity contribution < 1.29 is 14.3 Å². The van der Waals surface area contributed by atoms with E-state index >= 15 is 0 Å². The van der Waals surface area contributed by atoms with Crippen molar-refractivity contribution in [1.29, 1.82) is 0 Å². The molecule has 1 aromatic carbocycles. The highest BCUT2D eigenvalue weighted by atomic mass is 35.5. The number of amides is 1. The molecule has 0 saturated heterocycles. The standard InChI is InChI=1S/C13H16ClFN2O2/c14-11-3-1-2-8(13(11)15)6-17-12(19)7-16-9-4-10(18)5-9/h1-3,9-10,16,18H,4-7H2,(H,17,19)/t9-,10+. The average molecular weight is 287 g/mol. The van der Waals surface area contributed by atoms with Gasteiger partial charge >= 0.3 is 0 Å². The number of benzene rings is 1. The largest absolute Gasteiger partial charge is 0.393 e. The lowest BCUT2D eigenvalue weighted by Crippen LogP contribution is -2.47. The molecule has 4 nitrogen and oxygen atoms in total. The molecule has 0 aliphatic heterocycles. The molecule has 1 fully saturated rings. The molecule has 0 unspecified atom stereocenters. The molecule has 0 bridgehead atoms. The number of aliphatic hydroxyl groups is 1. The molecular weight excluding hydrogens is 271 g/mol. The molecule has 1 saturated carbocycles. The molecule has 0 heterocycles. The fourth-order valence-electron chi connectivity index (χ4n) is 1.93. The highest BCUT2D eigenvalue weighted by molar-refractivity contribution is 6.30. The molecule has 6 heteroatoms. The van der Waals surface area contributed by atoms with Crippen LogP contribution in [0, 0.1) is 5.82 Å². The van der Waals surface area contributed by atoms with Crippen LogP contribution >= 0.6 is 11.6 Å². The Labute approximate surface area is 116 Å². The van der Waals surface area contributed by atoms with E-state index < -0.39 is 5.82 Å². The third kappa shape index (κ3) is 3.89. The SMILES string of the molecule is O=C(CN[C@H]1C[C@@H](O)C1)NCc1cccc(Cl)c1F. The fraction of sp³-hybridized carbons (Fsp3) is 0.462. The lowest BCUT2D eigenvalue weighted by atomic mass is 9.89. The fourth-order valence-corrected chi connectivity index (χ4v) is 2.13. The van der Waals surface area contributed by atoms with Gasteiger partial charge in [-0.15, -0.1) is 0 Å². The van der Waals surface area contributed by atoms with Gasteiger partial charge in [0.25, 0.3) is 0 Å². The number of nitrogens with one attached hydrogen (secondary N) is 2. The first-order valence-electron chi connectivity index (χ1n) is 6.17. The van der Waals surface area contributed by atoms with E-state index in [0.717, 1.165) is 0 Å². The Morgan fingerprint density at radius 2 is 2.21 bits per heavy atom. The van der Waals surface area contributed by atoms with Crippen LogP contribution in [0.4, 0.5) is 4.39 Å². The van der Waals surface area contributed by atoms with E-state index in [-0.39, 0.29) is 36.2 Å². The molecule has 3 N–H and O–H groups in total. The summed E-state index contributed by atoms with van der Waals surface area (Å²) in [5.41, 5.74) is 0.361. The summed E-state index contributed by atoms with van der Waals surface area (Å²) in [6.07, 6.45) is 1.10. The lowest BCUT2D eigenvalue weighted by molar-refractivity contribution is -0.120. The summed E-state index contributed by atoms with van der Waals surface area (Å²) in [5, 5.41) is 14.8. The van der Waals surface area contributed by atoms with Gasteiger partial charge in [-0.1, -0.05) is 23.7 Å². The molecule has 1 aliphatic rings. The number of rotatable bonds is 5. The average Bonchev–Trinajstić information content (AvgIpc) is 2.35. The summed E-state index contributed by atoms with van der Waals surface area (Å²) in [5.74, 6) is -0.708. The minimum atomic E-state index is -0.500. The van der Waals surface area contributed by atoms with Crippen molar-refractivity contribution in [1.82, 2.24) is 10.6 Å². The molecule has 19 heavy (non-hydrogen) atoms. The first-order chi connectivity index (χ1) is 9.06. The summed E-state index contributed by atoms with van der Waals surface area (Å²) in [7, 11) is 0. The summed E-state index contributed by atoms with van der Waals surface area (Å²) < 4.78 is 13.5. The van der Waals surface area contributed by atoms with Crippen molar-refractivity contribution in [2.24, 2.45) is 0 Å². The summed E-state index contributed by atoms with van der Waals surface area (Å²) in [6, 6.07) is 4.88. The number of carbonyl (C=O) groups excluding carboxylic acids is 1. The number of halogens is 2. The predicted octanol–water partition coefficient (Wildman–Crippen LogP) is 1.21. The summed E-state index contributed by atoms with van der Waals surface area (Å²) >= 11 is 5.65. The monoisotopic (exact) mass is 286 g/mol. The number of carbonyl (C=O) groups is 1. The number of hydrogen-bond acceptors (Lipinski definition) is 3. The minimum absolute atomic E-state index is 0.0494. The normalized spacial score (nSPS) is 21.8. The highest BCUT2D eigenvalue weighted by Gasteiger charge is 2.26. The maximum Gasteiger partial charge on any atom is 0.234 e. The van der Waals surface area contributed by atoms with Crippen molar-refractivity contribution in [3.05, 3.63) is 34.6 Å². The molecule has 104 valence electrons. The van der Waals surface area contributed by atoms with Gasteiger partial charge in [-0.25, -0.2) is 4.39 Å². The van der Waals surface area contributed by atoms with Crippen LogP contribution in [0.25, 0.3) is 0 Å². The Balaban J connectivity index is 1.72. The highest BCUT2D eigenvalue weighted by Crippen LogP contribution is 2.19. The third-order valence-electron chi connectivity index (χ3n) is 3.17. The third-order valence-corrected chi connectivity index (χ3v) is 3.46. The Morgan fingerprint density at radius 1 is 1.47 bits per heavy atom. The van der Waals surface area contributed by atoms with Crippen molar-refractivity contribution >= 4 is 17.5 Å². The molecule has 1 aromatic rings. The van der Waals surface area contributed by atoms with Crippen LogP contribution in [0.3, 0.4) is 0 Å². The van der Waals surface area contributed by atoms with Crippen LogP contribution in [-0.2, 0) is 11.3 Å². The second kappa shape index (κ2) is 6.32. The molecule has 2 rings (SSSR count). The first kappa shape index (κ1) is 14.2. The Hall–Kier alpha value is -1.17. The van der Waals surface area contributed by atoms with Gasteiger partial charge in [-0.2, -0.15) is 0 Å². The van der Waals surface area contributed by atoms with Crippen molar-refractivity contribution in [3.8, 4) is 0 Å². The maximum atomic E-state index is 13.5. The zero-order chi connectivity index (χ0) is 13.8. The van der Waals surface area contributed by atoms with Crippen molar-refractivity contribution in [2.45, 2.75) is 31.5 Å². The van der Waals surface area contributed by atoms with E-state index in [2.05, 4.69) is 10.6 Å². The van der Waals surface area contributed by atoms with Gasteiger partial charge < -0.3 is 15.7 Å². The lowest BCUT2D eigenvalue weighted by Gasteiger charge is -2.31. The topological polar surface area (TPSA) is 61.4 Å². The minimum Gasteiger partial charge on any atom is -0.393 e. The van der Waals surface area contributed by atoms with Gasteiger partial charge in [0.2, 0.25) is 5.91 Å². The molecule has 0 aromatic heterocycles. The van der Waals surface area contributed by atoms with E-state index in [0.29, 0.717) is 18.4 Å². The zero-order valence-corrected chi connectivity index (χ0v) is 11.1. The van der Waals surface area contributed by atoms with Gasteiger partial charge in [0.1, 0.15) is 5.82 Å². The van der Waals surface area contributed by atoms with Crippen LogP contribution in [0.15, 0.2) is 18.2 Å². The quantitative estimate of drug-likeness (QED) is 0.762. The summed E-state index contributed by atoms with van der Waals surface area (Å²) in [4.78, 5) is 11.5. The van der Waals surface area contributed by atoms with E-state index in [4.69, 9.17) is 16.7 Å².